The maximum atomic E-state index is 12.4. The summed E-state index contributed by atoms with van der Waals surface area (Å²) in [5, 5.41) is 2.85. The van der Waals surface area contributed by atoms with Gasteiger partial charge in [-0.25, -0.2) is 4.79 Å². The molecule has 154 valence electrons. The fourth-order valence-electron chi connectivity index (χ4n) is 3.31. The van der Waals surface area contributed by atoms with Crippen LogP contribution in [0.15, 0.2) is 103 Å². The Balaban J connectivity index is 1.37. The van der Waals surface area contributed by atoms with Crippen LogP contribution in [-0.2, 0) is 16.0 Å². The van der Waals surface area contributed by atoms with Gasteiger partial charge in [0, 0.05) is 23.8 Å². The van der Waals surface area contributed by atoms with Crippen LogP contribution in [0.4, 0.5) is 5.69 Å². The van der Waals surface area contributed by atoms with Gasteiger partial charge >= 0.3 is 5.97 Å². The second-order valence-electron chi connectivity index (χ2n) is 7.08. The molecule has 0 unspecified atom stereocenters. The van der Waals surface area contributed by atoms with Gasteiger partial charge in [-0.15, -0.1) is 0 Å². The summed E-state index contributed by atoms with van der Waals surface area (Å²) in [5.74, 6) is -0.919. The van der Waals surface area contributed by atoms with Gasteiger partial charge in [-0.2, -0.15) is 0 Å². The molecule has 0 atom stereocenters. The van der Waals surface area contributed by atoms with E-state index in [0.717, 1.165) is 16.8 Å². The SMILES string of the molecule is O=C(COC(=O)c1cccc(-n2cccc2)c1)Nc1ccccc1Cc1ccccc1. The highest BCUT2D eigenvalue weighted by Gasteiger charge is 2.13. The smallest absolute Gasteiger partial charge is 0.338 e. The third-order valence-corrected chi connectivity index (χ3v) is 4.85. The molecule has 0 saturated carbocycles. The second-order valence-corrected chi connectivity index (χ2v) is 7.08. The molecular weight excluding hydrogens is 388 g/mol. The minimum atomic E-state index is -0.540. The Morgan fingerprint density at radius 3 is 2.35 bits per heavy atom. The number of esters is 1. The van der Waals surface area contributed by atoms with Crippen molar-refractivity contribution in [1.29, 1.82) is 0 Å². The molecule has 1 heterocycles. The fourth-order valence-corrected chi connectivity index (χ4v) is 3.31. The number of aromatic nitrogens is 1. The molecule has 0 spiro atoms. The average molecular weight is 410 g/mol. The molecule has 0 aliphatic carbocycles. The number of carbonyl (C=O) groups excluding carboxylic acids is 2. The third kappa shape index (κ3) is 5.28. The lowest BCUT2D eigenvalue weighted by molar-refractivity contribution is -0.119. The second kappa shape index (κ2) is 9.59. The first-order valence-corrected chi connectivity index (χ1v) is 10.0. The third-order valence-electron chi connectivity index (χ3n) is 4.85. The molecule has 4 aromatic rings. The molecule has 5 heteroatoms. The van der Waals surface area contributed by atoms with Crippen LogP contribution in [0.5, 0.6) is 0 Å². The van der Waals surface area contributed by atoms with Crippen LogP contribution < -0.4 is 5.32 Å². The molecule has 1 aromatic heterocycles. The van der Waals surface area contributed by atoms with E-state index in [2.05, 4.69) is 5.32 Å². The van der Waals surface area contributed by atoms with Crippen molar-refractivity contribution in [3.63, 3.8) is 0 Å². The van der Waals surface area contributed by atoms with Gasteiger partial charge in [0.15, 0.2) is 6.61 Å². The molecule has 1 N–H and O–H groups in total. The molecule has 3 aromatic carbocycles. The van der Waals surface area contributed by atoms with Crippen LogP contribution in [0.3, 0.4) is 0 Å². The predicted molar refractivity (Wildman–Crippen MR) is 120 cm³/mol. The first kappa shape index (κ1) is 20.2. The van der Waals surface area contributed by atoms with E-state index in [0.29, 0.717) is 17.7 Å². The first-order valence-electron chi connectivity index (χ1n) is 10.0. The Kier molecular flexibility index (Phi) is 6.24. The molecule has 0 aliphatic rings. The van der Waals surface area contributed by atoms with Crippen LogP contribution in [0.2, 0.25) is 0 Å². The molecule has 5 nitrogen and oxygen atoms in total. The molecule has 1 amide bonds. The van der Waals surface area contributed by atoms with Crippen molar-refractivity contribution in [2.24, 2.45) is 0 Å². The van der Waals surface area contributed by atoms with Crippen molar-refractivity contribution in [2.45, 2.75) is 6.42 Å². The Labute approximate surface area is 180 Å². The molecular formula is C26H22N2O3. The van der Waals surface area contributed by atoms with Crippen LogP contribution in [0.25, 0.3) is 5.69 Å². The summed E-state index contributed by atoms with van der Waals surface area (Å²) in [6, 6.07) is 28.5. The van der Waals surface area contributed by atoms with E-state index in [1.807, 2.05) is 89.8 Å². The zero-order valence-electron chi connectivity index (χ0n) is 16.9. The maximum Gasteiger partial charge on any atom is 0.338 e. The summed E-state index contributed by atoms with van der Waals surface area (Å²) in [6.07, 6.45) is 4.48. The number of carbonyl (C=O) groups is 2. The zero-order valence-corrected chi connectivity index (χ0v) is 16.9. The van der Waals surface area contributed by atoms with Crippen molar-refractivity contribution in [1.82, 2.24) is 4.57 Å². The number of hydrogen-bond donors (Lipinski definition) is 1. The van der Waals surface area contributed by atoms with Crippen LogP contribution in [0, 0.1) is 0 Å². The van der Waals surface area contributed by atoms with Gasteiger partial charge in [0.25, 0.3) is 5.91 Å². The molecule has 0 fully saturated rings. The number of nitrogens with zero attached hydrogens (tertiary/aromatic N) is 1. The van der Waals surface area contributed by atoms with E-state index in [4.69, 9.17) is 4.74 Å². The molecule has 4 rings (SSSR count). The summed E-state index contributed by atoms with van der Waals surface area (Å²) >= 11 is 0. The number of nitrogens with one attached hydrogen (secondary N) is 1. The zero-order chi connectivity index (χ0) is 21.5. The molecule has 0 saturated heterocycles. The molecule has 0 bridgehead atoms. The Morgan fingerprint density at radius 2 is 1.55 bits per heavy atom. The molecule has 0 radical (unpaired) electrons. The maximum absolute atomic E-state index is 12.4. The predicted octanol–water partition coefficient (Wildman–Crippen LogP) is 4.86. The van der Waals surface area contributed by atoms with Gasteiger partial charge in [-0.1, -0.05) is 54.6 Å². The van der Waals surface area contributed by atoms with Crippen molar-refractivity contribution in [3.05, 3.63) is 120 Å². The van der Waals surface area contributed by atoms with Gasteiger partial charge in [0.1, 0.15) is 0 Å². The standard InChI is InChI=1S/C26H22N2O3/c29-25(27-24-14-5-4-11-21(24)17-20-9-2-1-3-10-20)19-31-26(30)22-12-8-13-23(18-22)28-15-6-7-16-28/h1-16,18H,17,19H2,(H,27,29). The van der Waals surface area contributed by atoms with E-state index < -0.39 is 5.97 Å². The summed E-state index contributed by atoms with van der Waals surface area (Å²) in [6.45, 7) is -0.355. The minimum Gasteiger partial charge on any atom is -0.452 e. The van der Waals surface area contributed by atoms with Crippen LogP contribution in [-0.4, -0.2) is 23.1 Å². The quantitative estimate of drug-likeness (QED) is 0.443. The highest BCUT2D eigenvalue weighted by Crippen LogP contribution is 2.19. The van der Waals surface area contributed by atoms with Crippen LogP contribution in [0.1, 0.15) is 21.5 Å². The van der Waals surface area contributed by atoms with E-state index in [1.54, 1.807) is 18.2 Å². The van der Waals surface area contributed by atoms with Crippen molar-refractivity contribution < 1.29 is 14.3 Å². The number of amides is 1. The van der Waals surface area contributed by atoms with Crippen LogP contribution >= 0.6 is 0 Å². The van der Waals surface area contributed by atoms with Crippen molar-refractivity contribution in [2.75, 3.05) is 11.9 Å². The Bertz CT molecular complexity index is 1170. The average Bonchev–Trinajstić information content (AvgIpc) is 3.35. The van der Waals surface area contributed by atoms with E-state index in [-0.39, 0.29) is 12.5 Å². The molecule has 31 heavy (non-hydrogen) atoms. The topological polar surface area (TPSA) is 60.3 Å². The lowest BCUT2D eigenvalue weighted by atomic mass is 10.0. The lowest BCUT2D eigenvalue weighted by Crippen LogP contribution is -2.21. The Hall–Kier alpha value is -4.12. The summed E-state index contributed by atoms with van der Waals surface area (Å²) < 4.78 is 7.13. The van der Waals surface area contributed by atoms with Gasteiger partial charge in [0.2, 0.25) is 0 Å². The first-order chi connectivity index (χ1) is 15.2. The number of para-hydroxylation sites is 1. The largest absolute Gasteiger partial charge is 0.452 e. The van der Waals surface area contributed by atoms with Crippen molar-refractivity contribution >= 4 is 17.6 Å². The normalized spacial score (nSPS) is 10.5. The molecule has 0 aliphatic heterocycles. The highest BCUT2D eigenvalue weighted by molar-refractivity contribution is 5.96. The van der Waals surface area contributed by atoms with E-state index in [9.17, 15) is 9.59 Å². The highest BCUT2D eigenvalue weighted by atomic mass is 16.5. The number of benzene rings is 3. The number of hydrogen-bond acceptors (Lipinski definition) is 3. The van der Waals surface area contributed by atoms with Gasteiger partial charge in [0.05, 0.1) is 5.56 Å². The van der Waals surface area contributed by atoms with Gasteiger partial charge < -0.3 is 14.6 Å². The van der Waals surface area contributed by atoms with Crippen molar-refractivity contribution in [3.8, 4) is 5.69 Å². The number of anilines is 1. The Morgan fingerprint density at radius 1 is 0.806 bits per heavy atom. The summed E-state index contributed by atoms with van der Waals surface area (Å²) in [5.41, 5.74) is 4.09. The van der Waals surface area contributed by atoms with Gasteiger partial charge in [-0.3, -0.25) is 4.79 Å². The summed E-state index contributed by atoms with van der Waals surface area (Å²) in [4.78, 5) is 24.8. The van der Waals surface area contributed by atoms with E-state index >= 15 is 0 Å². The lowest BCUT2D eigenvalue weighted by Gasteiger charge is -2.12. The number of ether oxygens (including phenoxy) is 1. The number of rotatable bonds is 7. The fraction of sp³-hybridized carbons (Fsp3) is 0.0769. The van der Waals surface area contributed by atoms with E-state index in [1.165, 1.54) is 0 Å². The monoisotopic (exact) mass is 410 g/mol. The van der Waals surface area contributed by atoms with Gasteiger partial charge in [-0.05, 0) is 53.9 Å². The minimum absolute atomic E-state index is 0.355. The summed E-state index contributed by atoms with van der Waals surface area (Å²) in [7, 11) is 0.